The maximum absolute atomic E-state index is 11.4. The summed E-state index contributed by atoms with van der Waals surface area (Å²) in [5.41, 5.74) is 1.27. The number of aromatic nitrogens is 2. The Hall–Kier alpha value is -0.750. The highest BCUT2D eigenvalue weighted by Crippen LogP contribution is 2.32. The monoisotopic (exact) mass is 322 g/mol. The standard InChI is InChI=1S/C13H23ClN2O3S/c1-6-13(7-2,9-20(14,17)18)8-19-12-10(3)15-16(5)11(12)4/h6-9H2,1-5H3. The average molecular weight is 323 g/mol. The molecule has 0 aliphatic rings. The number of ether oxygens (including phenoxy) is 1. The van der Waals surface area contributed by atoms with E-state index in [0.717, 1.165) is 17.1 Å². The summed E-state index contributed by atoms with van der Waals surface area (Å²) in [6, 6.07) is 0. The van der Waals surface area contributed by atoms with Gasteiger partial charge in [0.1, 0.15) is 5.69 Å². The molecule has 1 aromatic heterocycles. The highest BCUT2D eigenvalue weighted by Gasteiger charge is 2.33. The van der Waals surface area contributed by atoms with Crippen LogP contribution in [0.2, 0.25) is 0 Å². The quantitative estimate of drug-likeness (QED) is 0.724. The summed E-state index contributed by atoms with van der Waals surface area (Å²) < 4.78 is 30.4. The van der Waals surface area contributed by atoms with Crippen molar-refractivity contribution < 1.29 is 13.2 Å². The highest BCUT2D eigenvalue weighted by molar-refractivity contribution is 8.13. The van der Waals surface area contributed by atoms with Gasteiger partial charge in [-0.2, -0.15) is 5.10 Å². The van der Waals surface area contributed by atoms with E-state index in [0.29, 0.717) is 19.4 Å². The molecule has 0 unspecified atom stereocenters. The molecule has 1 rings (SSSR count). The van der Waals surface area contributed by atoms with Gasteiger partial charge in [-0.05, 0) is 26.7 Å². The average Bonchev–Trinajstić information content (AvgIpc) is 2.58. The van der Waals surface area contributed by atoms with E-state index in [1.807, 2.05) is 34.7 Å². The van der Waals surface area contributed by atoms with Crippen LogP contribution in [0.5, 0.6) is 5.75 Å². The van der Waals surface area contributed by atoms with Gasteiger partial charge in [-0.1, -0.05) is 13.8 Å². The number of hydrogen-bond donors (Lipinski definition) is 0. The summed E-state index contributed by atoms with van der Waals surface area (Å²) in [5.74, 6) is 0.651. The van der Waals surface area contributed by atoms with Crippen molar-refractivity contribution in [1.29, 1.82) is 0 Å². The zero-order chi connectivity index (χ0) is 15.6. The molecule has 0 saturated heterocycles. The van der Waals surface area contributed by atoms with Crippen LogP contribution in [0.4, 0.5) is 0 Å². The third-order valence-corrected chi connectivity index (χ3v) is 5.23. The molecule has 0 radical (unpaired) electrons. The van der Waals surface area contributed by atoms with E-state index in [1.54, 1.807) is 4.68 Å². The zero-order valence-corrected chi connectivity index (χ0v) is 14.3. The smallest absolute Gasteiger partial charge is 0.233 e. The van der Waals surface area contributed by atoms with Crippen molar-refractivity contribution in [3.05, 3.63) is 11.4 Å². The van der Waals surface area contributed by atoms with Crippen LogP contribution in [0.25, 0.3) is 0 Å². The van der Waals surface area contributed by atoms with E-state index in [4.69, 9.17) is 15.4 Å². The molecule has 5 nitrogen and oxygen atoms in total. The molecule has 0 amide bonds. The van der Waals surface area contributed by atoms with E-state index in [9.17, 15) is 8.42 Å². The topological polar surface area (TPSA) is 61.2 Å². The Morgan fingerprint density at radius 2 is 1.85 bits per heavy atom. The van der Waals surface area contributed by atoms with Gasteiger partial charge in [0.05, 0.1) is 18.1 Å². The summed E-state index contributed by atoms with van der Waals surface area (Å²) >= 11 is 0. The van der Waals surface area contributed by atoms with Gasteiger partial charge in [0.15, 0.2) is 5.75 Å². The van der Waals surface area contributed by atoms with Crippen LogP contribution in [0.15, 0.2) is 0 Å². The Bertz CT molecular complexity index is 562. The van der Waals surface area contributed by atoms with E-state index in [-0.39, 0.29) is 5.75 Å². The van der Waals surface area contributed by atoms with Crippen LogP contribution in [0.3, 0.4) is 0 Å². The molecule has 7 heteroatoms. The van der Waals surface area contributed by atoms with Crippen molar-refractivity contribution in [2.75, 3.05) is 12.4 Å². The van der Waals surface area contributed by atoms with Crippen molar-refractivity contribution in [3.63, 3.8) is 0 Å². The molecule has 0 aliphatic carbocycles. The molecule has 0 bridgehead atoms. The van der Waals surface area contributed by atoms with Crippen LogP contribution in [-0.2, 0) is 16.1 Å². The molecule has 0 aliphatic heterocycles. The second kappa shape index (κ2) is 6.35. The second-order valence-electron chi connectivity index (χ2n) is 5.30. The molecule has 1 aromatic rings. The lowest BCUT2D eigenvalue weighted by molar-refractivity contribution is 0.153. The predicted octanol–water partition coefficient (Wildman–Crippen LogP) is 2.79. The van der Waals surface area contributed by atoms with Crippen molar-refractivity contribution in [1.82, 2.24) is 9.78 Å². The fourth-order valence-electron chi connectivity index (χ4n) is 2.25. The Balaban J connectivity index is 2.92. The minimum absolute atomic E-state index is 0.0765. The number of hydrogen-bond acceptors (Lipinski definition) is 4. The zero-order valence-electron chi connectivity index (χ0n) is 12.7. The number of nitrogens with zero attached hydrogens (tertiary/aromatic N) is 2. The van der Waals surface area contributed by atoms with E-state index >= 15 is 0 Å². The largest absolute Gasteiger partial charge is 0.489 e. The van der Waals surface area contributed by atoms with Crippen LogP contribution >= 0.6 is 10.7 Å². The lowest BCUT2D eigenvalue weighted by Crippen LogP contribution is -2.34. The van der Waals surface area contributed by atoms with Gasteiger partial charge in [-0.25, -0.2) is 8.42 Å². The molecule has 0 fully saturated rings. The third-order valence-electron chi connectivity index (χ3n) is 3.94. The molecule has 0 aromatic carbocycles. The summed E-state index contributed by atoms with van der Waals surface area (Å²) in [6.07, 6.45) is 1.38. The minimum Gasteiger partial charge on any atom is -0.489 e. The SMILES string of the molecule is CCC(CC)(COc1c(C)nn(C)c1C)CS(=O)(=O)Cl. The van der Waals surface area contributed by atoms with E-state index in [2.05, 4.69) is 5.10 Å². The molecule has 0 saturated carbocycles. The summed E-state index contributed by atoms with van der Waals surface area (Å²) in [7, 11) is 3.72. The Kier molecular flexibility index (Phi) is 5.49. The Morgan fingerprint density at radius 3 is 2.20 bits per heavy atom. The number of rotatable bonds is 7. The van der Waals surface area contributed by atoms with Gasteiger partial charge in [-0.15, -0.1) is 0 Å². The summed E-state index contributed by atoms with van der Waals surface area (Å²) in [5, 5.41) is 4.28. The maximum atomic E-state index is 11.4. The van der Waals surface area contributed by atoms with Crippen LogP contribution < -0.4 is 4.74 Å². The lowest BCUT2D eigenvalue weighted by atomic mass is 9.85. The number of halogens is 1. The minimum atomic E-state index is -3.55. The van der Waals surface area contributed by atoms with Gasteiger partial charge in [0.25, 0.3) is 0 Å². The molecular weight excluding hydrogens is 300 g/mol. The molecule has 20 heavy (non-hydrogen) atoms. The van der Waals surface area contributed by atoms with Gasteiger partial charge in [0.2, 0.25) is 9.05 Å². The normalized spacial score (nSPS) is 12.7. The van der Waals surface area contributed by atoms with Crippen molar-refractivity contribution >= 4 is 19.7 Å². The Morgan fingerprint density at radius 1 is 1.30 bits per heavy atom. The Labute approximate surface area is 125 Å². The first kappa shape index (κ1) is 17.3. The summed E-state index contributed by atoms with van der Waals surface area (Å²) in [4.78, 5) is 0. The molecular formula is C13H23ClN2O3S. The second-order valence-corrected chi connectivity index (χ2v) is 8.08. The van der Waals surface area contributed by atoms with Crippen molar-refractivity contribution in [3.8, 4) is 5.75 Å². The van der Waals surface area contributed by atoms with Crippen LogP contribution in [-0.4, -0.2) is 30.6 Å². The first-order chi connectivity index (χ1) is 9.14. The van der Waals surface area contributed by atoms with Crippen LogP contribution in [0, 0.1) is 19.3 Å². The van der Waals surface area contributed by atoms with Crippen molar-refractivity contribution in [2.45, 2.75) is 40.5 Å². The lowest BCUT2D eigenvalue weighted by Gasteiger charge is -2.30. The fourth-order valence-corrected chi connectivity index (χ4v) is 4.17. The predicted molar refractivity (Wildman–Crippen MR) is 80.8 cm³/mol. The molecule has 0 spiro atoms. The van der Waals surface area contributed by atoms with Crippen molar-refractivity contribution in [2.24, 2.45) is 12.5 Å². The van der Waals surface area contributed by atoms with Crippen LogP contribution in [0.1, 0.15) is 38.1 Å². The van der Waals surface area contributed by atoms with E-state index in [1.165, 1.54) is 0 Å². The first-order valence-electron chi connectivity index (χ1n) is 6.69. The third kappa shape index (κ3) is 4.12. The molecule has 0 N–H and O–H groups in total. The summed E-state index contributed by atoms with van der Waals surface area (Å²) in [6.45, 7) is 8.03. The molecule has 116 valence electrons. The molecule has 1 heterocycles. The maximum Gasteiger partial charge on any atom is 0.233 e. The van der Waals surface area contributed by atoms with Gasteiger partial charge >= 0.3 is 0 Å². The number of aryl methyl sites for hydroxylation is 2. The van der Waals surface area contributed by atoms with Gasteiger partial charge in [-0.3, -0.25) is 4.68 Å². The van der Waals surface area contributed by atoms with E-state index < -0.39 is 14.5 Å². The highest BCUT2D eigenvalue weighted by atomic mass is 35.7. The first-order valence-corrected chi connectivity index (χ1v) is 9.17. The molecule has 0 atom stereocenters. The van der Waals surface area contributed by atoms with Gasteiger partial charge < -0.3 is 4.74 Å². The fraction of sp³-hybridized carbons (Fsp3) is 0.769. The van der Waals surface area contributed by atoms with Gasteiger partial charge in [0, 0.05) is 23.1 Å².